The summed E-state index contributed by atoms with van der Waals surface area (Å²) < 4.78 is 30.8. The Bertz CT molecular complexity index is 1210. The highest BCUT2D eigenvalue weighted by Crippen LogP contribution is 2.38. The topological polar surface area (TPSA) is 57.1 Å². The van der Waals surface area contributed by atoms with E-state index in [9.17, 15) is 9.18 Å². The minimum atomic E-state index is -0.679. The Balaban J connectivity index is 1.63. The molecule has 0 unspecified atom stereocenters. The number of ether oxygens (including phenoxy) is 3. The molecule has 5 nitrogen and oxygen atoms in total. The lowest BCUT2D eigenvalue weighted by Crippen LogP contribution is -2.07. The van der Waals surface area contributed by atoms with Crippen LogP contribution < -0.4 is 9.47 Å². The molecular weight excluding hydrogens is 433 g/mol. The number of aliphatic imine (C=N–C) groups is 1. The minimum absolute atomic E-state index is 0.0275. The minimum Gasteiger partial charge on any atom is -0.490 e. The van der Waals surface area contributed by atoms with E-state index < -0.39 is 11.8 Å². The third kappa shape index (κ3) is 4.81. The maximum atomic E-state index is 14.0. The predicted octanol–water partition coefficient (Wildman–Crippen LogP) is 5.80. The van der Waals surface area contributed by atoms with Crippen molar-refractivity contribution in [2.24, 2.45) is 4.99 Å². The Morgan fingerprint density at radius 3 is 2.56 bits per heavy atom. The second-order valence-corrected chi connectivity index (χ2v) is 7.26. The van der Waals surface area contributed by atoms with Gasteiger partial charge in [-0.2, -0.15) is 0 Å². The highest BCUT2D eigenvalue weighted by molar-refractivity contribution is 6.32. The van der Waals surface area contributed by atoms with Crippen LogP contribution in [-0.2, 0) is 16.1 Å². The van der Waals surface area contributed by atoms with E-state index in [-0.39, 0.29) is 17.2 Å². The van der Waals surface area contributed by atoms with Crippen molar-refractivity contribution < 1.29 is 23.4 Å². The van der Waals surface area contributed by atoms with Crippen LogP contribution in [0.15, 0.2) is 77.4 Å². The summed E-state index contributed by atoms with van der Waals surface area (Å²) in [6.07, 6.45) is 1.51. The second kappa shape index (κ2) is 9.66. The molecule has 4 rings (SSSR count). The fourth-order valence-electron chi connectivity index (χ4n) is 3.12. The van der Waals surface area contributed by atoms with Crippen molar-refractivity contribution in [2.75, 3.05) is 6.61 Å². The molecule has 0 aliphatic carbocycles. The summed E-state index contributed by atoms with van der Waals surface area (Å²) >= 11 is 6.47. The second-order valence-electron chi connectivity index (χ2n) is 6.85. The number of cyclic esters (lactones) is 1. The highest BCUT2D eigenvalue weighted by Gasteiger charge is 2.26. The van der Waals surface area contributed by atoms with E-state index in [0.717, 1.165) is 5.56 Å². The largest absolute Gasteiger partial charge is 0.490 e. The third-order valence-electron chi connectivity index (χ3n) is 4.59. The third-order valence-corrected chi connectivity index (χ3v) is 4.87. The lowest BCUT2D eigenvalue weighted by molar-refractivity contribution is -0.129. The quantitative estimate of drug-likeness (QED) is 0.336. The number of carbonyl (C=O) groups excluding carboxylic acids is 1. The molecule has 0 atom stereocenters. The number of rotatable bonds is 7. The van der Waals surface area contributed by atoms with Crippen LogP contribution in [0.2, 0.25) is 5.02 Å². The molecule has 32 heavy (non-hydrogen) atoms. The zero-order valence-electron chi connectivity index (χ0n) is 17.2. The first kappa shape index (κ1) is 21.6. The molecule has 0 spiro atoms. The number of hydrogen-bond acceptors (Lipinski definition) is 5. The molecule has 0 saturated carbocycles. The van der Waals surface area contributed by atoms with E-state index in [1.54, 1.807) is 24.3 Å². The van der Waals surface area contributed by atoms with Gasteiger partial charge in [0.05, 0.1) is 17.2 Å². The number of esters is 1. The van der Waals surface area contributed by atoms with Gasteiger partial charge in [-0.05, 0) is 48.4 Å². The molecule has 0 bridgehead atoms. The zero-order valence-corrected chi connectivity index (χ0v) is 17.9. The van der Waals surface area contributed by atoms with Crippen LogP contribution in [0.25, 0.3) is 6.08 Å². The first-order chi connectivity index (χ1) is 15.5. The van der Waals surface area contributed by atoms with Crippen LogP contribution in [0.1, 0.15) is 23.6 Å². The molecule has 162 valence electrons. The van der Waals surface area contributed by atoms with Crippen LogP contribution in [0.5, 0.6) is 11.5 Å². The summed E-state index contributed by atoms with van der Waals surface area (Å²) in [5.74, 6) is -0.446. The molecule has 0 radical (unpaired) electrons. The summed E-state index contributed by atoms with van der Waals surface area (Å²) in [7, 11) is 0. The van der Waals surface area contributed by atoms with Gasteiger partial charge in [0.1, 0.15) is 12.4 Å². The fourth-order valence-corrected chi connectivity index (χ4v) is 3.39. The van der Waals surface area contributed by atoms with Crippen molar-refractivity contribution in [2.45, 2.75) is 13.5 Å². The summed E-state index contributed by atoms with van der Waals surface area (Å²) in [6.45, 7) is 2.57. The lowest BCUT2D eigenvalue weighted by Gasteiger charge is -2.14. The van der Waals surface area contributed by atoms with Crippen molar-refractivity contribution in [3.63, 3.8) is 0 Å². The standard InChI is InChI=1S/C25H19ClFNO4/c1-2-30-22-14-17(12-19(26)23(22)31-15-16-8-4-3-5-9-16)13-21-25(29)32-24(28-21)18-10-6-7-11-20(18)27/h3-14H,2,15H2,1H3/b21-13-. The lowest BCUT2D eigenvalue weighted by atomic mass is 10.1. The maximum Gasteiger partial charge on any atom is 0.363 e. The van der Waals surface area contributed by atoms with Crippen LogP contribution in [0, 0.1) is 5.82 Å². The van der Waals surface area contributed by atoms with E-state index in [1.807, 2.05) is 37.3 Å². The first-order valence-electron chi connectivity index (χ1n) is 9.95. The molecule has 0 amide bonds. The molecule has 1 heterocycles. The number of carbonyl (C=O) groups is 1. The monoisotopic (exact) mass is 451 g/mol. The Labute approximate surface area is 189 Å². The van der Waals surface area contributed by atoms with Gasteiger partial charge in [0.15, 0.2) is 17.2 Å². The van der Waals surface area contributed by atoms with Gasteiger partial charge in [0.2, 0.25) is 5.90 Å². The van der Waals surface area contributed by atoms with E-state index >= 15 is 0 Å². The molecule has 0 aromatic heterocycles. The fraction of sp³-hybridized carbons (Fsp3) is 0.120. The maximum absolute atomic E-state index is 14.0. The van der Waals surface area contributed by atoms with Gasteiger partial charge in [-0.1, -0.05) is 54.1 Å². The molecule has 1 aliphatic rings. The summed E-state index contributed by atoms with van der Waals surface area (Å²) in [6, 6.07) is 19.0. The van der Waals surface area contributed by atoms with Gasteiger partial charge < -0.3 is 14.2 Å². The Hall–Kier alpha value is -3.64. The average Bonchev–Trinajstić information content (AvgIpc) is 3.14. The number of halogens is 2. The van der Waals surface area contributed by atoms with Crippen LogP contribution in [-0.4, -0.2) is 18.5 Å². The number of benzene rings is 3. The molecule has 0 saturated heterocycles. The van der Waals surface area contributed by atoms with E-state index in [1.165, 1.54) is 18.2 Å². The average molecular weight is 452 g/mol. The van der Waals surface area contributed by atoms with Crippen LogP contribution >= 0.6 is 11.6 Å². The first-order valence-corrected chi connectivity index (χ1v) is 10.3. The van der Waals surface area contributed by atoms with Crippen molar-refractivity contribution in [1.29, 1.82) is 0 Å². The van der Waals surface area contributed by atoms with Gasteiger partial charge in [-0.3, -0.25) is 0 Å². The van der Waals surface area contributed by atoms with Gasteiger partial charge >= 0.3 is 5.97 Å². The van der Waals surface area contributed by atoms with Crippen molar-refractivity contribution in [3.8, 4) is 11.5 Å². The SMILES string of the molecule is CCOc1cc(/C=C2\N=C(c3ccccc3F)OC2=O)cc(Cl)c1OCc1ccccc1. The smallest absolute Gasteiger partial charge is 0.363 e. The predicted molar refractivity (Wildman–Crippen MR) is 120 cm³/mol. The molecular formula is C25H19ClFNO4. The van der Waals surface area contributed by atoms with Crippen molar-refractivity contribution in [1.82, 2.24) is 0 Å². The molecule has 1 aliphatic heterocycles. The van der Waals surface area contributed by atoms with Gasteiger partial charge in [-0.15, -0.1) is 0 Å². The van der Waals surface area contributed by atoms with Crippen molar-refractivity contribution in [3.05, 3.63) is 100.0 Å². The van der Waals surface area contributed by atoms with E-state index in [4.69, 9.17) is 25.8 Å². The highest BCUT2D eigenvalue weighted by atomic mass is 35.5. The van der Waals surface area contributed by atoms with Crippen LogP contribution in [0.4, 0.5) is 4.39 Å². The molecule has 7 heteroatoms. The summed E-state index contributed by atoms with van der Waals surface area (Å²) in [4.78, 5) is 16.4. The van der Waals surface area contributed by atoms with Crippen LogP contribution in [0.3, 0.4) is 0 Å². The molecule has 3 aromatic rings. The molecule has 0 fully saturated rings. The van der Waals surface area contributed by atoms with Crippen molar-refractivity contribution >= 4 is 29.5 Å². The number of nitrogens with zero attached hydrogens (tertiary/aromatic N) is 1. The van der Waals surface area contributed by atoms with Gasteiger partial charge in [0, 0.05) is 0 Å². The summed E-state index contributed by atoms with van der Waals surface area (Å²) in [5, 5.41) is 0.323. The van der Waals surface area contributed by atoms with Gasteiger partial charge in [0.25, 0.3) is 0 Å². The number of hydrogen-bond donors (Lipinski definition) is 0. The van der Waals surface area contributed by atoms with E-state index in [0.29, 0.717) is 35.3 Å². The summed E-state index contributed by atoms with van der Waals surface area (Å²) in [5.41, 5.74) is 1.69. The zero-order chi connectivity index (χ0) is 22.5. The Kier molecular flexibility index (Phi) is 6.52. The Morgan fingerprint density at radius 1 is 1.06 bits per heavy atom. The molecule has 3 aromatic carbocycles. The molecule has 0 N–H and O–H groups in total. The van der Waals surface area contributed by atoms with E-state index in [2.05, 4.69) is 4.99 Å². The normalized spacial score (nSPS) is 14.3. The van der Waals surface area contributed by atoms with Gasteiger partial charge in [-0.25, -0.2) is 14.2 Å². The Morgan fingerprint density at radius 2 is 1.81 bits per heavy atom.